The molecule has 2 heterocycles. The molecule has 0 fully saturated rings. The largest absolute Gasteiger partial charge is 0.332 e. The first-order chi connectivity index (χ1) is 11.7. The van der Waals surface area contributed by atoms with Crippen LogP contribution in [0.4, 0.5) is 0 Å². The van der Waals surface area contributed by atoms with Crippen molar-refractivity contribution in [3.63, 3.8) is 0 Å². The van der Waals surface area contributed by atoms with E-state index < -0.39 is 0 Å². The minimum absolute atomic E-state index is 0.478. The van der Waals surface area contributed by atoms with Crippen molar-refractivity contribution in [3.8, 4) is 0 Å². The number of pyridine rings is 1. The zero-order valence-corrected chi connectivity index (χ0v) is 14.8. The summed E-state index contributed by atoms with van der Waals surface area (Å²) < 4.78 is 0. The second-order valence-electron chi connectivity index (χ2n) is 5.78. The van der Waals surface area contributed by atoms with Gasteiger partial charge >= 0.3 is 0 Å². The van der Waals surface area contributed by atoms with Crippen LogP contribution in [0.5, 0.6) is 0 Å². The number of H-pyrrole nitrogens is 1. The SMILES string of the molecule is CNC(C)C/C=C/c1cnc2nc(SCc3ccccc3)[nH]c2c1. The van der Waals surface area contributed by atoms with Gasteiger partial charge in [-0.3, -0.25) is 0 Å². The molecule has 2 aromatic heterocycles. The van der Waals surface area contributed by atoms with Gasteiger partial charge in [0.2, 0.25) is 0 Å². The quantitative estimate of drug-likeness (QED) is 0.632. The fourth-order valence-corrected chi connectivity index (χ4v) is 3.13. The molecule has 0 saturated heterocycles. The number of imidazole rings is 1. The number of aromatic amines is 1. The number of hydrogen-bond acceptors (Lipinski definition) is 4. The highest BCUT2D eigenvalue weighted by atomic mass is 32.2. The Morgan fingerprint density at radius 2 is 2.12 bits per heavy atom. The summed E-state index contributed by atoms with van der Waals surface area (Å²) in [5.74, 6) is 0.898. The summed E-state index contributed by atoms with van der Waals surface area (Å²) in [5.41, 5.74) is 4.13. The molecule has 3 aromatic rings. The zero-order valence-electron chi connectivity index (χ0n) is 14.0. The van der Waals surface area contributed by atoms with Crippen molar-refractivity contribution in [2.45, 2.75) is 30.3 Å². The van der Waals surface area contributed by atoms with Crippen LogP contribution in [-0.2, 0) is 5.75 Å². The Morgan fingerprint density at radius 3 is 2.92 bits per heavy atom. The van der Waals surface area contributed by atoms with Crippen LogP contribution < -0.4 is 5.32 Å². The van der Waals surface area contributed by atoms with Crippen molar-refractivity contribution >= 4 is 29.0 Å². The number of nitrogens with one attached hydrogen (secondary N) is 2. The number of aromatic nitrogens is 3. The van der Waals surface area contributed by atoms with Crippen molar-refractivity contribution < 1.29 is 0 Å². The number of benzene rings is 1. The molecule has 24 heavy (non-hydrogen) atoms. The predicted octanol–water partition coefficient (Wildman–Crippen LogP) is 4.26. The van der Waals surface area contributed by atoms with Gasteiger partial charge in [-0.1, -0.05) is 54.2 Å². The molecule has 0 saturated carbocycles. The Morgan fingerprint density at radius 1 is 1.29 bits per heavy atom. The lowest BCUT2D eigenvalue weighted by Crippen LogP contribution is -2.19. The normalized spacial score (nSPS) is 12.9. The maximum atomic E-state index is 4.55. The van der Waals surface area contributed by atoms with Crippen molar-refractivity contribution in [3.05, 3.63) is 59.8 Å². The van der Waals surface area contributed by atoms with E-state index in [-0.39, 0.29) is 0 Å². The number of rotatable bonds is 7. The molecule has 0 amide bonds. The van der Waals surface area contributed by atoms with Gasteiger partial charge in [-0.05, 0) is 37.6 Å². The highest BCUT2D eigenvalue weighted by Gasteiger charge is 2.05. The standard InChI is InChI=1S/C19H22N4S/c1-14(20-2)7-6-10-16-11-17-18(21-12-16)23-19(22-17)24-13-15-8-4-3-5-9-15/h3-6,8-12,14,20H,7,13H2,1-2H3,(H,21,22,23)/b10-6+. The Labute approximate surface area is 146 Å². The highest BCUT2D eigenvalue weighted by Crippen LogP contribution is 2.22. The molecule has 1 aromatic carbocycles. The first kappa shape index (κ1) is 16.7. The van der Waals surface area contributed by atoms with Crippen LogP contribution in [0, 0.1) is 0 Å². The summed E-state index contributed by atoms with van der Waals surface area (Å²) in [6.45, 7) is 2.16. The van der Waals surface area contributed by atoms with E-state index in [1.165, 1.54) is 5.56 Å². The zero-order chi connectivity index (χ0) is 16.8. The number of fused-ring (bicyclic) bond motifs is 1. The van der Waals surface area contributed by atoms with Gasteiger partial charge in [-0.15, -0.1) is 0 Å². The first-order valence-electron chi connectivity index (χ1n) is 8.11. The summed E-state index contributed by atoms with van der Waals surface area (Å²) in [6, 6.07) is 13.0. The van der Waals surface area contributed by atoms with Crippen LogP contribution >= 0.6 is 11.8 Å². The molecule has 0 aliphatic rings. The molecule has 5 heteroatoms. The Kier molecular flexibility index (Phi) is 5.67. The molecular formula is C19H22N4S. The van der Waals surface area contributed by atoms with Gasteiger partial charge in [0, 0.05) is 18.0 Å². The van der Waals surface area contributed by atoms with Crippen LogP contribution in [0.25, 0.3) is 17.2 Å². The third-order valence-corrected chi connectivity index (χ3v) is 4.79. The molecule has 3 rings (SSSR count). The Bertz CT molecular complexity index is 811. The first-order valence-corrected chi connectivity index (χ1v) is 9.09. The van der Waals surface area contributed by atoms with Gasteiger partial charge in [-0.2, -0.15) is 0 Å². The van der Waals surface area contributed by atoms with Crippen LogP contribution in [-0.4, -0.2) is 28.0 Å². The van der Waals surface area contributed by atoms with E-state index in [0.717, 1.165) is 34.1 Å². The van der Waals surface area contributed by atoms with Gasteiger partial charge in [0.1, 0.15) is 0 Å². The predicted molar refractivity (Wildman–Crippen MR) is 102 cm³/mol. The van der Waals surface area contributed by atoms with E-state index in [1.54, 1.807) is 11.8 Å². The lowest BCUT2D eigenvalue weighted by atomic mass is 10.2. The van der Waals surface area contributed by atoms with E-state index in [4.69, 9.17) is 0 Å². The monoisotopic (exact) mass is 338 g/mol. The fourth-order valence-electron chi connectivity index (χ4n) is 2.31. The van der Waals surface area contributed by atoms with Crippen molar-refractivity contribution in [1.29, 1.82) is 0 Å². The van der Waals surface area contributed by atoms with E-state index >= 15 is 0 Å². The molecular weight excluding hydrogens is 316 g/mol. The van der Waals surface area contributed by atoms with E-state index in [2.05, 4.69) is 69.7 Å². The number of nitrogens with zero attached hydrogens (tertiary/aromatic N) is 2. The minimum Gasteiger partial charge on any atom is -0.332 e. The number of thioether (sulfide) groups is 1. The maximum Gasteiger partial charge on any atom is 0.178 e. The average molecular weight is 338 g/mol. The highest BCUT2D eigenvalue weighted by molar-refractivity contribution is 7.98. The topological polar surface area (TPSA) is 53.6 Å². The average Bonchev–Trinajstić information content (AvgIpc) is 3.03. The minimum atomic E-state index is 0.478. The van der Waals surface area contributed by atoms with Gasteiger partial charge in [0.25, 0.3) is 0 Å². The van der Waals surface area contributed by atoms with Crippen LogP contribution in [0.1, 0.15) is 24.5 Å². The molecule has 1 unspecified atom stereocenters. The third kappa shape index (κ3) is 4.46. The van der Waals surface area contributed by atoms with Gasteiger partial charge in [0.05, 0.1) is 5.52 Å². The summed E-state index contributed by atoms with van der Waals surface area (Å²) in [7, 11) is 1.98. The Hall–Kier alpha value is -2.11. The lowest BCUT2D eigenvalue weighted by molar-refractivity contribution is 0.621. The molecule has 1 atom stereocenters. The lowest BCUT2D eigenvalue weighted by Gasteiger charge is -2.04. The summed E-state index contributed by atoms with van der Waals surface area (Å²) in [5, 5.41) is 4.13. The van der Waals surface area contributed by atoms with Crippen LogP contribution in [0.3, 0.4) is 0 Å². The molecule has 2 N–H and O–H groups in total. The van der Waals surface area contributed by atoms with E-state index in [1.807, 2.05) is 19.3 Å². The van der Waals surface area contributed by atoms with Crippen LogP contribution in [0.2, 0.25) is 0 Å². The molecule has 0 spiro atoms. The third-order valence-electron chi connectivity index (χ3n) is 3.85. The fraction of sp³-hybridized carbons (Fsp3) is 0.263. The molecule has 124 valence electrons. The smallest absolute Gasteiger partial charge is 0.178 e. The van der Waals surface area contributed by atoms with Crippen molar-refractivity contribution in [1.82, 2.24) is 20.3 Å². The van der Waals surface area contributed by atoms with Gasteiger partial charge in [0.15, 0.2) is 10.8 Å². The molecule has 0 radical (unpaired) electrons. The van der Waals surface area contributed by atoms with Crippen LogP contribution in [0.15, 0.2) is 53.8 Å². The summed E-state index contributed by atoms with van der Waals surface area (Å²) in [4.78, 5) is 12.4. The van der Waals surface area contributed by atoms with Gasteiger partial charge in [-0.25, -0.2) is 9.97 Å². The van der Waals surface area contributed by atoms with Crippen molar-refractivity contribution in [2.24, 2.45) is 0 Å². The maximum absolute atomic E-state index is 4.55. The molecule has 0 bridgehead atoms. The number of hydrogen-bond donors (Lipinski definition) is 2. The second-order valence-corrected chi connectivity index (χ2v) is 6.75. The molecule has 0 aliphatic heterocycles. The van der Waals surface area contributed by atoms with Gasteiger partial charge < -0.3 is 10.3 Å². The van der Waals surface area contributed by atoms with Crippen molar-refractivity contribution in [2.75, 3.05) is 7.05 Å². The summed E-state index contributed by atoms with van der Waals surface area (Å²) >= 11 is 1.70. The van der Waals surface area contributed by atoms with E-state index in [9.17, 15) is 0 Å². The van der Waals surface area contributed by atoms with E-state index in [0.29, 0.717) is 6.04 Å². The summed E-state index contributed by atoms with van der Waals surface area (Å²) in [6.07, 6.45) is 7.15. The molecule has 4 nitrogen and oxygen atoms in total. The Balaban J connectivity index is 1.67. The second kappa shape index (κ2) is 8.13. The molecule has 0 aliphatic carbocycles.